The van der Waals surface area contributed by atoms with Crippen LogP contribution in [0.5, 0.6) is 0 Å². The van der Waals surface area contributed by atoms with Crippen molar-refractivity contribution >= 4 is 17.6 Å². The zero-order chi connectivity index (χ0) is 11.1. The van der Waals surface area contributed by atoms with Crippen LogP contribution in [0, 0.1) is 5.92 Å². The van der Waals surface area contributed by atoms with Crippen LogP contribution in [0.25, 0.3) is 0 Å². The molecule has 1 N–H and O–H groups in total. The Kier molecular flexibility index (Phi) is 2.60. The monoisotopic (exact) mass is 231 g/mol. The number of alkyl halides is 1. The molecule has 5 nitrogen and oxygen atoms in total. The van der Waals surface area contributed by atoms with E-state index in [2.05, 4.69) is 10.2 Å². The summed E-state index contributed by atoms with van der Waals surface area (Å²) in [5.74, 6) is 0.853. The van der Waals surface area contributed by atoms with Gasteiger partial charge < -0.3 is 14.4 Å². The molecule has 15 heavy (non-hydrogen) atoms. The SMILES string of the molecule is CC(C)C1(O)CN(c2nnc(CCl)o2)C1. The number of β-amino-alcohol motifs (C(OH)–C–C–N with tert-alkyl or cyclic N) is 1. The normalized spacial score (nSPS) is 19.4. The second-order valence-corrected chi connectivity index (χ2v) is 4.49. The van der Waals surface area contributed by atoms with E-state index in [1.54, 1.807) is 0 Å². The number of anilines is 1. The van der Waals surface area contributed by atoms with Crippen LogP contribution >= 0.6 is 11.6 Å². The Hall–Kier alpha value is -0.810. The van der Waals surface area contributed by atoms with E-state index in [9.17, 15) is 5.11 Å². The van der Waals surface area contributed by atoms with Crippen molar-refractivity contribution in [2.45, 2.75) is 25.3 Å². The van der Waals surface area contributed by atoms with E-state index >= 15 is 0 Å². The molecule has 0 spiro atoms. The van der Waals surface area contributed by atoms with Gasteiger partial charge in [0, 0.05) is 0 Å². The number of hydrogen-bond donors (Lipinski definition) is 1. The molecule has 1 aromatic rings. The van der Waals surface area contributed by atoms with Crippen molar-refractivity contribution in [2.24, 2.45) is 5.92 Å². The Morgan fingerprint density at radius 2 is 2.20 bits per heavy atom. The third-order valence-corrected chi connectivity index (χ3v) is 3.07. The topological polar surface area (TPSA) is 62.4 Å². The van der Waals surface area contributed by atoms with Crippen LogP contribution in [-0.2, 0) is 5.88 Å². The van der Waals surface area contributed by atoms with Crippen molar-refractivity contribution in [1.82, 2.24) is 10.2 Å². The zero-order valence-electron chi connectivity index (χ0n) is 8.77. The maximum Gasteiger partial charge on any atom is 0.318 e. The minimum atomic E-state index is -0.629. The zero-order valence-corrected chi connectivity index (χ0v) is 9.53. The minimum Gasteiger partial charge on any atom is -0.407 e. The first kappa shape index (κ1) is 10.7. The van der Waals surface area contributed by atoms with Gasteiger partial charge in [-0.2, -0.15) is 0 Å². The summed E-state index contributed by atoms with van der Waals surface area (Å²) in [4.78, 5) is 1.85. The quantitative estimate of drug-likeness (QED) is 0.787. The summed E-state index contributed by atoms with van der Waals surface area (Å²) in [6.45, 7) is 5.06. The second-order valence-electron chi connectivity index (χ2n) is 4.23. The molecule has 0 aromatic carbocycles. The molecule has 1 aromatic heterocycles. The Balaban J connectivity index is 1.99. The molecule has 2 heterocycles. The van der Waals surface area contributed by atoms with Gasteiger partial charge in [-0.05, 0) is 5.92 Å². The molecular weight excluding hydrogens is 218 g/mol. The predicted molar refractivity (Wildman–Crippen MR) is 55.9 cm³/mol. The van der Waals surface area contributed by atoms with E-state index in [-0.39, 0.29) is 11.8 Å². The number of hydrogen-bond acceptors (Lipinski definition) is 5. The van der Waals surface area contributed by atoms with Crippen LogP contribution in [0.4, 0.5) is 6.01 Å². The predicted octanol–water partition coefficient (Wildman–Crippen LogP) is 1.02. The molecule has 84 valence electrons. The first-order valence-electron chi connectivity index (χ1n) is 4.91. The second kappa shape index (κ2) is 3.64. The molecule has 1 fully saturated rings. The summed E-state index contributed by atoms with van der Waals surface area (Å²) in [6.07, 6.45) is 0. The number of aromatic nitrogens is 2. The van der Waals surface area contributed by atoms with Crippen molar-refractivity contribution in [3.63, 3.8) is 0 Å². The highest BCUT2D eigenvalue weighted by atomic mass is 35.5. The van der Waals surface area contributed by atoms with Gasteiger partial charge in [0.05, 0.1) is 13.1 Å². The van der Waals surface area contributed by atoms with Crippen molar-refractivity contribution in [2.75, 3.05) is 18.0 Å². The van der Waals surface area contributed by atoms with E-state index in [0.717, 1.165) is 0 Å². The summed E-state index contributed by atoms with van der Waals surface area (Å²) >= 11 is 5.55. The smallest absolute Gasteiger partial charge is 0.318 e. The van der Waals surface area contributed by atoms with Crippen LogP contribution in [0.2, 0.25) is 0 Å². The average molecular weight is 232 g/mol. The maximum atomic E-state index is 10.0. The van der Waals surface area contributed by atoms with Gasteiger partial charge in [-0.25, -0.2) is 0 Å². The molecule has 0 amide bonds. The number of aliphatic hydroxyl groups is 1. The average Bonchev–Trinajstić information content (AvgIpc) is 2.60. The van der Waals surface area contributed by atoms with Crippen molar-refractivity contribution in [3.8, 4) is 0 Å². The molecule has 0 atom stereocenters. The van der Waals surface area contributed by atoms with Crippen LogP contribution in [-0.4, -0.2) is 34.0 Å². The van der Waals surface area contributed by atoms with E-state index in [4.69, 9.17) is 16.0 Å². The molecule has 0 radical (unpaired) electrons. The Morgan fingerprint density at radius 3 is 2.67 bits per heavy atom. The highest BCUT2D eigenvalue weighted by molar-refractivity contribution is 6.16. The Labute approximate surface area is 93.0 Å². The number of halogens is 1. The van der Waals surface area contributed by atoms with Crippen LogP contribution in [0.3, 0.4) is 0 Å². The third-order valence-electron chi connectivity index (χ3n) is 2.85. The molecule has 0 saturated carbocycles. The number of rotatable bonds is 3. The van der Waals surface area contributed by atoms with Gasteiger partial charge in [0.15, 0.2) is 0 Å². The van der Waals surface area contributed by atoms with E-state index in [0.29, 0.717) is 25.0 Å². The third kappa shape index (κ3) is 1.81. The highest BCUT2D eigenvalue weighted by Gasteiger charge is 2.45. The van der Waals surface area contributed by atoms with Crippen LogP contribution in [0.15, 0.2) is 4.42 Å². The summed E-state index contributed by atoms with van der Waals surface area (Å²) in [5, 5.41) is 17.6. The molecule has 2 rings (SSSR count). The summed E-state index contributed by atoms with van der Waals surface area (Å²) in [7, 11) is 0. The highest BCUT2D eigenvalue weighted by Crippen LogP contribution is 2.31. The molecule has 1 aliphatic heterocycles. The van der Waals surface area contributed by atoms with Gasteiger partial charge in [-0.3, -0.25) is 0 Å². The van der Waals surface area contributed by atoms with E-state index in [1.165, 1.54) is 0 Å². The van der Waals surface area contributed by atoms with Crippen molar-refractivity contribution in [1.29, 1.82) is 0 Å². The lowest BCUT2D eigenvalue weighted by molar-refractivity contribution is -0.0325. The minimum absolute atomic E-state index is 0.218. The fourth-order valence-electron chi connectivity index (χ4n) is 1.54. The summed E-state index contributed by atoms with van der Waals surface area (Å²) in [6, 6.07) is 0.441. The lowest BCUT2D eigenvalue weighted by Crippen LogP contribution is -2.64. The van der Waals surface area contributed by atoms with Gasteiger partial charge in [0.25, 0.3) is 0 Å². The molecule has 0 aliphatic carbocycles. The largest absolute Gasteiger partial charge is 0.407 e. The first-order chi connectivity index (χ1) is 7.05. The van der Waals surface area contributed by atoms with E-state index in [1.807, 2.05) is 18.7 Å². The maximum absolute atomic E-state index is 10.0. The fourth-order valence-corrected chi connectivity index (χ4v) is 1.65. The Morgan fingerprint density at radius 1 is 1.53 bits per heavy atom. The van der Waals surface area contributed by atoms with Crippen molar-refractivity contribution in [3.05, 3.63) is 5.89 Å². The van der Waals surface area contributed by atoms with Crippen molar-refractivity contribution < 1.29 is 9.52 Å². The van der Waals surface area contributed by atoms with Gasteiger partial charge in [0.2, 0.25) is 5.89 Å². The fraction of sp³-hybridized carbons (Fsp3) is 0.778. The lowest BCUT2D eigenvalue weighted by atomic mass is 9.83. The molecule has 0 bridgehead atoms. The molecule has 0 unspecified atom stereocenters. The van der Waals surface area contributed by atoms with Gasteiger partial charge in [0.1, 0.15) is 11.5 Å². The number of nitrogens with zero attached hydrogens (tertiary/aromatic N) is 3. The molecule has 1 aliphatic rings. The van der Waals surface area contributed by atoms with Crippen LogP contribution in [0.1, 0.15) is 19.7 Å². The summed E-state index contributed by atoms with van der Waals surface area (Å²) in [5.41, 5.74) is -0.629. The lowest BCUT2D eigenvalue weighted by Gasteiger charge is -2.47. The van der Waals surface area contributed by atoms with Gasteiger partial charge in [-0.1, -0.05) is 18.9 Å². The van der Waals surface area contributed by atoms with E-state index < -0.39 is 5.60 Å². The summed E-state index contributed by atoms with van der Waals surface area (Å²) < 4.78 is 5.27. The standard InChI is InChI=1S/C9H14ClN3O2/c1-6(2)9(14)4-13(5-9)8-12-11-7(3-10)15-8/h6,14H,3-5H2,1-2H3. The molecule has 6 heteroatoms. The van der Waals surface area contributed by atoms with Crippen LogP contribution < -0.4 is 4.90 Å². The molecule has 1 saturated heterocycles. The molecular formula is C9H14ClN3O2. The van der Waals surface area contributed by atoms with Gasteiger partial charge >= 0.3 is 6.01 Å². The van der Waals surface area contributed by atoms with Gasteiger partial charge in [-0.15, -0.1) is 16.7 Å². The Bertz CT molecular complexity index is 347. The first-order valence-corrected chi connectivity index (χ1v) is 5.44.